The average molecular weight is 286 g/mol. The highest BCUT2D eigenvalue weighted by Gasteiger charge is 2.27. The molecule has 0 bridgehead atoms. The predicted octanol–water partition coefficient (Wildman–Crippen LogP) is 2.00. The van der Waals surface area contributed by atoms with E-state index in [1.165, 1.54) is 0 Å². The minimum atomic E-state index is -0.904. The van der Waals surface area contributed by atoms with Crippen LogP contribution in [0.3, 0.4) is 0 Å². The summed E-state index contributed by atoms with van der Waals surface area (Å²) in [6.45, 7) is 1.58. The zero-order chi connectivity index (χ0) is 11.7. The molecule has 0 radical (unpaired) electrons. The van der Waals surface area contributed by atoms with Gasteiger partial charge in [0.15, 0.2) is 0 Å². The van der Waals surface area contributed by atoms with Gasteiger partial charge in [-0.25, -0.2) is 9.97 Å². The van der Waals surface area contributed by atoms with Gasteiger partial charge in [-0.15, -0.1) is 0 Å². The fourth-order valence-electron chi connectivity index (χ4n) is 1.29. The van der Waals surface area contributed by atoms with Crippen LogP contribution in [0.5, 0.6) is 0 Å². The van der Waals surface area contributed by atoms with Crippen molar-refractivity contribution in [2.75, 3.05) is 5.32 Å². The summed E-state index contributed by atoms with van der Waals surface area (Å²) in [6, 6.07) is -0.668. The number of aliphatic carboxylic acids is 1. The Labute approximate surface area is 101 Å². The van der Waals surface area contributed by atoms with E-state index in [1.54, 1.807) is 13.1 Å². The molecule has 1 saturated carbocycles. The number of hydrogen-bond acceptors (Lipinski definition) is 4. The van der Waals surface area contributed by atoms with Gasteiger partial charge in [-0.3, -0.25) is 4.79 Å². The van der Waals surface area contributed by atoms with Crippen LogP contribution in [-0.2, 0) is 4.79 Å². The standard InChI is InChI=1S/C10H12BrN3O2/c1-5(10(15)16)13-9-7(11)4-12-8(14-9)6-2-3-6/h4-6H,2-3H2,1H3,(H,15,16)(H,12,13,14)/t5-/m0/s1. The number of rotatable bonds is 4. The number of halogens is 1. The van der Waals surface area contributed by atoms with Crippen molar-refractivity contribution in [3.63, 3.8) is 0 Å². The Hall–Kier alpha value is -1.17. The maximum atomic E-state index is 10.7. The molecule has 0 unspecified atom stereocenters. The van der Waals surface area contributed by atoms with E-state index in [2.05, 4.69) is 31.2 Å². The van der Waals surface area contributed by atoms with Gasteiger partial charge in [0.1, 0.15) is 17.7 Å². The van der Waals surface area contributed by atoms with Gasteiger partial charge in [-0.05, 0) is 35.7 Å². The number of aromatic nitrogens is 2. The molecule has 1 aromatic heterocycles. The van der Waals surface area contributed by atoms with E-state index < -0.39 is 12.0 Å². The number of carboxylic acids is 1. The third-order valence-electron chi connectivity index (χ3n) is 2.43. The van der Waals surface area contributed by atoms with Crippen molar-refractivity contribution in [3.05, 3.63) is 16.5 Å². The summed E-state index contributed by atoms with van der Waals surface area (Å²) in [6.07, 6.45) is 3.91. The van der Waals surface area contributed by atoms with Crippen LogP contribution in [0.1, 0.15) is 31.5 Å². The molecule has 0 aromatic carbocycles. The van der Waals surface area contributed by atoms with E-state index in [0.29, 0.717) is 16.2 Å². The number of nitrogens with one attached hydrogen (secondary N) is 1. The molecule has 16 heavy (non-hydrogen) atoms. The summed E-state index contributed by atoms with van der Waals surface area (Å²) in [5.74, 6) is 0.891. The summed E-state index contributed by atoms with van der Waals surface area (Å²) in [4.78, 5) is 19.3. The summed E-state index contributed by atoms with van der Waals surface area (Å²) in [5.41, 5.74) is 0. The van der Waals surface area contributed by atoms with Crippen LogP contribution < -0.4 is 5.32 Å². The molecule has 0 aliphatic heterocycles. The van der Waals surface area contributed by atoms with Gasteiger partial charge in [0, 0.05) is 12.1 Å². The third-order valence-corrected chi connectivity index (χ3v) is 3.01. The minimum Gasteiger partial charge on any atom is -0.480 e. The van der Waals surface area contributed by atoms with Gasteiger partial charge in [0.05, 0.1) is 4.47 Å². The van der Waals surface area contributed by atoms with E-state index in [9.17, 15) is 4.79 Å². The molecule has 0 spiro atoms. The van der Waals surface area contributed by atoms with Gasteiger partial charge in [0.2, 0.25) is 0 Å². The molecule has 2 rings (SSSR count). The lowest BCUT2D eigenvalue weighted by Crippen LogP contribution is -2.26. The van der Waals surface area contributed by atoms with E-state index in [1.807, 2.05) is 0 Å². The summed E-state index contributed by atoms with van der Waals surface area (Å²) < 4.78 is 0.685. The fraction of sp³-hybridized carbons (Fsp3) is 0.500. The van der Waals surface area contributed by atoms with Gasteiger partial charge < -0.3 is 10.4 Å². The van der Waals surface area contributed by atoms with E-state index in [-0.39, 0.29) is 0 Å². The largest absolute Gasteiger partial charge is 0.480 e. The Balaban J connectivity index is 2.18. The lowest BCUT2D eigenvalue weighted by Gasteiger charge is -2.11. The number of anilines is 1. The summed E-state index contributed by atoms with van der Waals surface area (Å²) in [5, 5.41) is 11.6. The van der Waals surface area contributed by atoms with Crippen LogP contribution in [0.2, 0.25) is 0 Å². The third kappa shape index (κ3) is 2.49. The highest BCUT2D eigenvalue weighted by Crippen LogP contribution is 2.38. The van der Waals surface area contributed by atoms with Crippen LogP contribution >= 0.6 is 15.9 Å². The molecule has 2 N–H and O–H groups in total. The Kier molecular flexibility index (Phi) is 3.09. The van der Waals surface area contributed by atoms with Crippen LogP contribution in [0.25, 0.3) is 0 Å². The fourth-order valence-corrected chi connectivity index (χ4v) is 1.59. The molecule has 86 valence electrons. The quantitative estimate of drug-likeness (QED) is 0.885. The molecule has 6 heteroatoms. The van der Waals surface area contributed by atoms with Gasteiger partial charge in [-0.2, -0.15) is 0 Å². The van der Waals surface area contributed by atoms with E-state index in [0.717, 1.165) is 18.7 Å². The number of hydrogen-bond donors (Lipinski definition) is 2. The SMILES string of the molecule is C[C@H](Nc1nc(C2CC2)ncc1Br)C(=O)O. The average Bonchev–Trinajstić information content (AvgIpc) is 3.04. The molecule has 1 fully saturated rings. The van der Waals surface area contributed by atoms with Crippen molar-refractivity contribution in [1.82, 2.24) is 9.97 Å². The van der Waals surface area contributed by atoms with Crippen molar-refractivity contribution in [3.8, 4) is 0 Å². The van der Waals surface area contributed by atoms with Crippen molar-refractivity contribution in [2.45, 2.75) is 31.7 Å². The second kappa shape index (κ2) is 4.37. The first-order valence-corrected chi connectivity index (χ1v) is 5.89. The number of carboxylic acid groups (broad SMARTS) is 1. The minimum absolute atomic E-state index is 0.453. The predicted molar refractivity (Wildman–Crippen MR) is 62.4 cm³/mol. The maximum Gasteiger partial charge on any atom is 0.325 e. The molecular formula is C10H12BrN3O2. The Morgan fingerprint density at radius 1 is 1.69 bits per heavy atom. The van der Waals surface area contributed by atoms with Crippen molar-refractivity contribution >= 4 is 27.7 Å². The van der Waals surface area contributed by atoms with Crippen LogP contribution in [-0.4, -0.2) is 27.1 Å². The molecule has 0 amide bonds. The van der Waals surface area contributed by atoms with Gasteiger partial charge >= 0.3 is 5.97 Å². The lowest BCUT2D eigenvalue weighted by atomic mass is 10.3. The molecule has 1 aliphatic carbocycles. The van der Waals surface area contributed by atoms with Crippen LogP contribution in [0.15, 0.2) is 10.7 Å². The molecular weight excluding hydrogens is 274 g/mol. The molecule has 1 atom stereocenters. The second-order valence-corrected chi connectivity index (χ2v) is 4.76. The molecule has 1 heterocycles. The number of carbonyl (C=O) groups is 1. The van der Waals surface area contributed by atoms with Crippen LogP contribution in [0.4, 0.5) is 5.82 Å². The molecule has 1 aromatic rings. The first-order chi connectivity index (χ1) is 7.58. The zero-order valence-electron chi connectivity index (χ0n) is 8.77. The van der Waals surface area contributed by atoms with Crippen molar-refractivity contribution in [1.29, 1.82) is 0 Å². The molecule has 5 nitrogen and oxygen atoms in total. The Morgan fingerprint density at radius 3 is 2.94 bits per heavy atom. The highest BCUT2D eigenvalue weighted by molar-refractivity contribution is 9.10. The van der Waals surface area contributed by atoms with Gasteiger partial charge in [-0.1, -0.05) is 0 Å². The zero-order valence-corrected chi connectivity index (χ0v) is 10.4. The Morgan fingerprint density at radius 2 is 2.38 bits per heavy atom. The van der Waals surface area contributed by atoms with Crippen molar-refractivity contribution in [2.24, 2.45) is 0 Å². The van der Waals surface area contributed by atoms with Gasteiger partial charge in [0.25, 0.3) is 0 Å². The first-order valence-electron chi connectivity index (χ1n) is 5.09. The van der Waals surface area contributed by atoms with Crippen molar-refractivity contribution < 1.29 is 9.90 Å². The maximum absolute atomic E-state index is 10.7. The van der Waals surface area contributed by atoms with E-state index >= 15 is 0 Å². The molecule has 1 aliphatic rings. The van der Waals surface area contributed by atoms with E-state index in [4.69, 9.17) is 5.11 Å². The second-order valence-electron chi connectivity index (χ2n) is 3.90. The first kappa shape index (κ1) is 11.3. The lowest BCUT2D eigenvalue weighted by molar-refractivity contribution is -0.137. The summed E-state index contributed by atoms with van der Waals surface area (Å²) >= 11 is 3.30. The van der Waals surface area contributed by atoms with Crippen LogP contribution in [0, 0.1) is 0 Å². The summed E-state index contributed by atoms with van der Waals surface area (Å²) in [7, 11) is 0. The number of nitrogens with zero attached hydrogens (tertiary/aromatic N) is 2. The monoisotopic (exact) mass is 285 g/mol. The Bertz CT molecular complexity index is 421. The topological polar surface area (TPSA) is 75.1 Å². The normalized spacial score (nSPS) is 16.9. The highest BCUT2D eigenvalue weighted by atomic mass is 79.9. The molecule has 0 saturated heterocycles. The smallest absolute Gasteiger partial charge is 0.325 e.